The Balaban J connectivity index is 1.64. The Hall–Kier alpha value is -4.01. The van der Waals surface area contributed by atoms with E-state index < -0.39 is 10.0 Å². The van der Waals surface area contributed by atoms with Crippen LogP contribution in [0.1, 0.15) is 25.2 Å². The highest BCUT2D eigenvalue weighted by atomic mass is 32.2. The number of H-pyrrole nitrogens is 1. The van der Waals surface area contributed by atoms with Gasteiger partial charge in [0.2, 0.25) is 10.0 Å². The quantitative estimate of drug-likeness (QED) is 0.339. The fourth-order valence-corrected chi connectivity index (χ4v) is 5.87. The van der Waals surface area contributed by atoms with E-state index in [1.165, 1.54) is 4.31 Å². The summed E-state index contributed by atoms with van der Waals surface area (Å²) < 4.78 is 29.2. The standard InChI is InChI=1S/C28H26N4O3S/c1-3-31(4-2)36(34,35)22-15-16-25-24(18-22)20(19-29-25)14-17-27-30-26-13-9-8-12-23(26)28(33)32(27)21-10-6-5-7-11-21/h5-19,29H,3-4H2,1-2H3. The maximum Gasteiger partial charge on any atom is 0.266 e. The van der Waals surface area contributed by atoms with E-state index in [1.807, 2.05) is 74.7 Å². The monoisotopic (exact) mass is 498 g/mol. The highest BCUT2D eigenvalue weighted by Crippen LogP contribution is 2.26. The zero-order valence-corrected chi connectivity index (χ0v) is 20.9. The number of para-hydroxylation sites is 2. The number of hydrogen-bond donors (Lipinski definition) is 1. The summed E-state index contributed by atoms with van der Waals surface area (Å²) in [6, 6.07) is 21.7. The van der Waals surface area contributed by atoms with Gasteiger partial charge in [-0.1, -0.05) is 44.2 Å². The molecule has 0 aliphatic heterocycles. The van der Waals surface area contributed by atoms with Gasteiger partial charge >= 0.3 is 0 Å². The number of fused-ring (bicyclic) bond motifs is 2. The molecule has 0 aliphatic rings. The second-order valence-electron chi connectivity index (χ2n) is 8.34. The van der Waals surface area contributed by atoms with Gasteiger partial charge in [0.05, 0.1) is 21.5 Å². The van der Waals surface area contributed by atoms with Gasteiger partial charge in [0.1, 0.15) is 5.82 Å². The van der Waals surface area contributed by atoms with Gasteiger partial charge in [-0.25, -0.2) is 13.4 Å². The molecule has 7 nitrogen and oxygen atoms in total. The number of rotatable bonds is 7. The van der Waals surface area contributed by atoms with Gasteiger partial charge in [-0.15, -0.1) is 0 Å². The number of aromatic nitrogens is 3. The van der Waals surface area contributed by atoms with E-state index in [9.17, 15) is 13.2 Å². The fraction of sp³-hybridized carbons (Fsp3) is 0.143. The van der Waals surface area contributed by atoms with Gasteiger partial charge in [-0.2, -0.15) is 4.31 Å². The van der Waals surface area contributed by atoms with Crippen LogP contribution in [0.3, 0.4) is 0 Å². The molecule has 0 radical (unpaired) electrons. The third-order valence-electron chi connectivity index (χ3n) is 6.26. The molecule has 3 aromatic carbocycles. The number of hydrogen-bond acceptors (Lipinski definition) is 4. The van der Waals surface area contributed by atoms with Crippen molar-refractivity contribution in [2.45, 2.75) is 18.7 Å². The predicted octanol–water partition coefficient (Wildman–Crippen LogP) is 5.07. The minimum absolute atomic E-state index is 0.155. The van der Waals surface area contributed by atoms with Gasteiger partial charge in [0.25, 0.3) is 5.56 Å². The minimum atomic E-state index is -3.59. The molecule has 0 aliphatic carbocycles. The summed E-state index contributed by atoms with van der Waals surface area (Å²) in [6.07, 6.45) is 5.46. The molecule has 1 N–H and O–H groups in total. The van der Waals surface area contributed by atoms with Gasteiger partial charge in [0, 0.05) is 30.2 Å². The molecule has 0 saturated carbocycles. The first-order valence-electron chi connectivity index (χ1n) is 11.8. The maximum absolute atomic E-state index is 13.4. The molecule has 0 bridgehead atoms. The molecule has 0 spiro atoms. The first-order valence-corrected chi connectivity index (χ1v) is 13.2. The first kappa shape index (κ1) is 23.7. The Morgan fingerprint density at radius 1 is 0.917 bits per heavy atom. The van der Waals surface area contributed by atoms with Crippen LogP contribution in [0.15, 0.2) is 88.7 Å². The lowest BCUT2D eigenvalue weighted by molar-refractivity contribution is 0.445. The summed E-state index contributed by atoms with van der Waals surface area (Å²) in [4.78, 5) is 21.6. The van der Waals surface area contributed by atoms with Crippen molar-refractivity contribution in [3.63, 3.8) is 0 Å². The van der Waals surface area contributed by atoms with Crippen molar-refractivity contribution < 1.29 is 8.42 Å². The van der Waals surface area contributed by atoms with Crippen LogP contribution in [0.25, 0.3) is 39.6 Å². The van der Waals surface area contributed by atoms with Crippen molar-refractivity contribution in [3.8, 4) is 5.69 Å². The largest absolute Gasteiger partial charge is 0.361 e. The van der Waals surface area contributed by atoms with E-state index in [2.05, 4.69) is 4.98 Å². The van der Waals surface area contributed by atoms with Gasteiger partial charge in [-0.05, 0) is 60.2 Å². The van der Waals surface area contributed by atoms with Crippen LogP contribution >= 0.6 is 0 Å². The Morgan fingerprint density at radius 3 is 2.39 bits per heavy atom. The summed E-state index contributed by atoms with van der Waals surface area (Å²) in [5, 5.41) is 1.31. The van der Waals surface area contributed by atoms with Crippen molar-refractivity contribution in [2.24, 2.45) is 0 Å². The molecule has 0 fully saturated rings. The van der Waals surface area contributed by atoms with E-state index in [4.69, 9.17) is 4.98 Å². The number of aromatic amines is 1. The van der Waals surface area contributed by atoms with Gasteiger partial charge in [0.15, 0.2) is 0 Å². The third kappa shape index (κ3) is 4.14. The zero-order chi connectivity index (χ0) is 25.3. The van der Waals surface area contributed by atoms with Crippen LogP contribution in [0.4, 0.5) is 0 Å². The average molecular weight is 499 g/mol. The molecule has 5 rings (SSSR count). The van der Waals surface area contributed by atoms with Crippen molar-refractivity contribution in [1.29, 1.82) is 0 Å². The van der Waals surface area contributed by atoms with Crippen LogP contribution in [0.5, 0.6) is 0 Å². The molecule has 182 valence electrons. The molecule has 2 aromatic heterocycles. The molecular weight excluding hydrogens is 472 g/mol. The molecule has 5 aromatic rings. The number of nitrogens with one attached hydrogen (secondary N) is 1. The van der Waals surface area contributed by atoms with Crippen molar-refractivity contribution in [1.82, 2.24) is 18.8 Å². The zero-order valence-electron chi connectivity index (χ0n) is 20.0. The molecule has 36 heavy (non-hydrogen) atoms. The Kier molecular flexibility index (Phi) is 6.30. The van der Waals surface area contributed by atoms with E-state index in [-0.39, 0.29) is 10.5 Å². The molecule has 0 atom stereocenters. The normalized spacial score (nSPS) is 12.3. The maximum atomic E-state index is 13.4. The smallest absolute Gasteiger partial charge is 0.266 e. The highest BCUT2D eigenvalue weighted by Gasteiger charge is 2.22. The number of benzene rings is 3. The Morgan fingerprint density at radius 2 is 1.64 bits per heavy atom. The second kappa shape index (κ2) is 9.56. The van der Waals surface area contributed by atoms with Crippen LogP contribution < -0.4 is 5.56 Å². The van der Waals surface area contributed by atoms with E-state index in [0.717, 1.165) is 16.5 Å². The lowest BCUT2D eigenvalue weighted by atomic mass is 10.1. The van der Waals surface area contributed by atoms with Crippen LogP contribution in [-0.2, 0) is 10.0 Å². The molecule has 0 saturated heterocycles. The number of sulfonamides is 1. The van der Waals surface area contributed by atoms with E-state index in [0.29, 0.717) is 35.5 Å². The molecule has 2 heterocycles. The van der Waals surface area contributed by atoms with Crippen LogP contribution in [0.2, 0.25) is 0 Å². The molecule has 0 amide bonds. The highest BCUT2D eigenvalue weighted by molar-refractivity contribution is 7.89. The first-order chi connectivity index (χ1) is 17.4. The minimum Gasteiger partial charge on any atom is -0.361 e. The van der Waals surface area contributed by atoms with E-state index in [1.54, 1.807) is 34.9 Å². The SMILES string of the molecule is CCN(CC)S(=O)(=O)c1ccc2[nH]cc(C=Cc3nc4ccccc4c(=O)n3-c3ccccc3)c2c1. The Labute approximate surface area is 209 Å². The predicted molar refractivity (Wildman–Crippen MR) is 145 cm³/mol. The lowest BCUT2D eigenvalue weighted by Gasteiger charge is -2.18. The summed E-state index contributed by atoms with van der Waals surface area (Å²) in [6.45, 7) is 4.46. The number of nitrogens with zero attached hydrogens (tertiary/aromatic N) is 3. The van der Waals surface area contributed by atoms with Gasteiger partial charge < -0.3 is 4.98 Å². The van der Waals surface area contributed by atoms with Crippen LogP contribution in [0, 0.1) is 0 Å². The topological polar surface area (TPSA) is 88.1 Å². The summed E-state index contributed by atoms with van der Waals surface area (Å²) in [7, 11) is -3.59. The van der Waals surface area contributed by atoms with Crippen molar-refractivity contribution in [3.05, 3.63) is 101 Å². The Bertz CT molecular complexity index is 1750. The third-order valence-corrected chi connectivity index (χ3v) is 8.30. The van der Waals surface area contributed by atoms with Crippen LogP contribution in [-0.4, -0.2) is 40.3 Å². The lowest BCUT2D eigenvalue weighted by Crippen LogP contribution is -2.30. The summed E-state index contributed by atoms with van der Waals surface area (Å²) in [5.41, 5.74) is 2.79. The molecule has 0 unspecified atom stereocenters. The van der Waals surface area contributed by atoms with Crippen molar-refractivity contribution >= 4 is 44.0 Å². The molecular formula is C28H26N4O3S. The van der Waals surface area contributed by atoms with E-state index >= 15 is 0 Å². The summed E-state index contributed by atoms with van der Waals surface area (Å²) >= 11 is 0. The second-order valence-corrected chi connectivity index (χ2v) is 10.3. The average Bonchev–Trinajstić information content (AvgIpc) is 3.31. The summed E-state index contributed by atoms with van der Waals surface area (Å²) in [5.74, 6) is 0.478. The van der Waals surface area contributed by atoms with Gasteiger partial charge in [-0.3, -0.25) is 9.36 Å². The fourth-order valence-electron chi connectivity index (χ4n) is 4.38. The molecule has 8 heteroatoms. The van der Waals surface area contributed by atoms with Crippen molar-refractivity contribution in [2.75, 3.05) is 13.1 Å².